The van der Waals surface area contributed by atoms with Crippen molar-refractivity contribution >= 4 is 17.0 Å². The lowest BCUT2D eigenvalue weighted by molar-refractivity contribution is -0.0215. The molecule has 1 aliphatic carbocycles. The first-order valence-electron chi connectivity index (χ1n) is 15.3. The van der Waals surface area contributed by atoms with Gasteiger partial charge in [0.25, 0.3) is 0 Å². The van der Waals surface area contributed by atoms with Crippen LogP contribution in [0.1, 0.15) is 74.3 Å². The van der Waals surface area contributed by atoms with Crippen LogP contribution in [0.4, 0.5) is 9.18 Å². The number of ether oxygens (including phenoxy) is 3. The Morgan fingerprint density at radius 1 is 1.09 bits per heavy atom. The fourth-order valence-electron chi connectivity index (χ4n) is 6.10. The molecule has 10 heteroatoms. The number of nitrogens with zero attached hydrogens (tertiary/aromatic N) is 5. The maximum absolute atomic E-state index is 15.7. The third kappa shape index (κ3) is 6.40. The average molecular weight is 602 g/mol. The molecule has 2 fully saturated rings. The summed E-state index contributed by atoms with van der Waals surface area (Å²) in [6.07, 6.45) is 2.53. The summed E-state index contributed by atoms with van der Waals surface area (Å²) in [6, 6.07) is 16.5. The Kier molecular flexibility index (Phi) is 8.28. The number of benzene rings is 2. The van der Waals surface area contributed by atoms with Crippen LogP contribution >= 0.6 is 0 Å². The van der Waals surface area contributed by atoms with E-state index in [1.165, 1.54) is 4.90 Å². The summed E-state index contributed by atoms with van der Waals surface area (Å²) in [5.41, 5.74) is 4.16. The van der Waals surface area contributed by atoms with E-state index >= 15 is 4.39 Å². The van der Waals surface area contributed by atoms with E-state index in [1.54, 1.807) is 18.0 Å². The van der Waals surface area contributed by atoms with Crippen molar-refractivity contribution in [3.05, 3.63) is 77.1 Å². The molecule has 232 valence electrons. The van der Waals surface area contributed by atoms with E-state index in [2.05, 4.69) is 27.2 Å². The van der Waals surface area contributed by atoms with Crippen LogP contribution in [0.3, 0.4) is 0 Å². The molecule has 9 nitrogen and oxygen atoms in total. The maximum atomic E-state index is 15.7. The molecule has 3 heterocycles. The lowest BCUT2D eigenvalue weighted by Gasteiger charge is -2.36. The van der Waals surface area contributed by atoms with Gasteiger partial charge in [-0.1, -0.05) is 30.3 Å². The summed E-state index contributed by atoms with van der Waals surface area (Å²) in [5, 5.41) is 5.60. The topological polar surface area (TPSA) is 91.6 Å². The molecule has 2 unspecified atom stereocenters. The van der Waals surface area contributed by atoms with Crippen LogP contribution in [0, 0.1) is 6.92 Å². The molecule has 4 aromatic rings. The number of alkyl halides is 1. The maximum Gasteiger partial charge on any atom is 0.410 e. The Labute approximate surface area is 257 Å². The normalized spacial score (nSPS) is 22.1. The van der Waals surface area contributed by atoms with Crippen molar-refractivity contribution in [2.75, 3.05) is 20.2 Å². The molecular formula is C34H40FN5O4. The van der Waals surface area contributed by atoms with E-state index in [9.17, 15) is 4.79 Å². The number of fused-ring (bicyclic) bond motifs is 1. The van der Waals surface area contributed by atoms with Crippen molar-refractivity contribution in [3.63, 3.8) is 0 Å². The molecule has 0 N–H and O–H groups in total. The number of likely N-dealkylation sites (tertiary alicyclic amines) is 1. The molecule has 2 aromatic heterocycles. The number of carbonyl (C=O) groups excluding carboxylic acids is 1. The SMILES string of the molecule is COc1nc(-n2ncc3cc(C)c(C4CCN(C(=O)OC(C)(C)C)CC4F)cc32)cc([C@H]2C[C@@H](OCc3ccccc3)C2)n1. The Balaban J connectivity index is 1.20. The zero-order valence-electron chi connectivity index (χ0n) is 26.0. The second kappa shape index (κ2) is 12.1. The van der Waals surface area contributed by atoms with E-state index in [4.69, 9.17) is 14.2 Å². The Morgan fingerprint density at radius 3 is 2.57 bits per heavy atom. The number of aromatic nitrogens is 4. The Bertz CT molecular complexity index is 1630. The monoisotopic (exact) mass is 601 g/mol. The molecule has 2 atom stereocenters. The summed E-state index contributed by atoms with van der Waals surface area (Å²) in [7, 11) is 1.56. The molecule has 1 saturated heterocycles. The van der Waals surface area contributed by atoms with Gasteiger partial charge in [0.05, 0.1) is 43.8 Å². The first-order valence-corrected chi connectivity index (χ1v) is 15.3. The third-order valence-corrected chi connectivity index (χ3v) is 8.50. The number of hydrogen-bond acceptors (Lipinski definition) is 7. The van der Waals surface area contributed by atoms with Gasteiger partial charge in [-0.2, -0.15) is 15.1 Å². The van der Waals surface area contributed by atoms with Gasteiger partial charge in [0.2, 0.25) is 0 Å². The van der Waals surface area contributed by atoms with E-state index in [1.807, 2.05) is 64.1 Å². The molecule has 0 spiro atoms. The van der Waals surface area contributed by atoms with Gasteiger partial charge in [-0.05, 0) is 75.8 Å². The van der Waals surface area contributed by atoms with E-state index < -0.39 is 17.9 Å². The molecule has 1 amide bonds. The lowest BCUT2D eigenvalue weighted by atomic mass is 9.80. The van der Waals surface area contributed by atoms with Crippen molar-refractivity contribution in [1.29, 1.82) is 0 Å². The van der Waals surface area contributed by atoms with Gasteiger partial charge in [-0.25, -0.2) is 13.9 Å². The van der Waals surface area contributed by atoms with Crippen LogP contribution < -0.4 is 4.74 Å². The number of hydrogen-bond donors (Lipinski definition) is 0. The second-order valence-corrected chi connectivity index (χ2v) is 12.9. The minimum Gasteiger partial charge on any atom is -0.467 e. The number of carbonyl (C=O) groups is 1. The van der Waals surface area contributed by atoms with Gasteiger partial charge in [-0.15, -0.1) is 0 Å². The van der Waals surface area contributed by atoms with Gasteiger partial charge < -0.3 is 19.1 Å². The van der Waals surface area contributed by atoms with Crippen LogP contribution in [-0.2, 0) is 16.1 Å². The fraction of sp³-hybridized carbons (Fsp3) is 0.471. The van der Waals surface area contributed by atoms with Crippen molar-refractivity contribution in [2.24, 2.45) is 0 Å². The molecule has 1 saturated carbocycles. The Morgan fingerprint density at radius 2 is 1.86 bits per heavy atom. The summed E-state index contributed by atoms with van der Waals surface area (Å²) in [6.45, 7) is 8.46. The van der Waals surface area contributed by atoms with E-state index in [0.29, 0.717) is 25.4 Å². The van der Waals surface area contributed by atoms with E-state index in [-0.39, 0.29) is 30.5 Å². The van der Waals surface area contributed by atoms with Crippen molar-refractivity contribution in [2.45, 2.75) is 83.3 Å². The minimum atomic E-state index is -1.22. The molecule has 0 bridgehead atoms. The van der Waals surface area contributed by atoms with Crippen molar-refractivity contribution < 1.29 is 23.4 Å². The highest BCUT2D eigenvalue weighted by molar-refractivity contribution is 5.82. The quantitative estimate of drug-likeness (QED) is 0.234. The first kappa shape index (κ1) is 30.0. The number of rotatable bonds is 7. The number of piperidine rings is 1. The van der Waals surface area contributed by atoms with Crippen molar-refractivity contribution in [1.82, 2.24) is 24.6 Å². The molecule has 2 aliphatic rings. The molecule has 1 aliphatic heterocycles. The predicted molar refractivity (Wildman–Crippen MR) is 165 cm³/mol. The zero-order valence-corrected chi connectivity index (χ0v) is 26.0. The van der Waals surface area contributed by atoms with Gasteiger partial charge >= 0.3 is 12.1 Å². The second-order valence-electron chi connectivity index (χ2n) is 12.9. The highest BCUT2D eigenvalue weighted by atomic mass is 19.1. The minimum absolute atomic E-state index is 0.000232. The molecule has 0 radical (unpaired) electrons. The first-order chi connectivity index (χ1) is 21.1. The number of amides is 1. The summed E-state index contributed by atoms with van der Waals surface area (Å²) in [4.78, 5) is 23.3. The highest BCUT2D eigenvalue weighted by Crippen LogP contribution is 2.40. The largest absolute Gasteiger partial charge is 0.467 e. The van der Waals surface area contributed by atoms with Crippen LogP contribution in [0.2, 0.25) is 0 Å². The number of methoxy groups -OCH3 is 1. The lowest BCUT2D eigenvalue weighted by Crippen LogP contribution is -2.46. The Hall–Kier alpha value is -4.05. The molecular weight excluding hydrogens is 561 g/mol. The third-order valence-electron chi connectivity index (χ3n) is 8.50. The van der Waals surface area contributed by atoms with Crippen LogP contribution in [-0.4, -0.2) is 68.8 Å². The number of halogens is 1. The number of aryl methyl sites for hydroxylation is 1. The van der Waals surface area contributed by atoms with Gasteiger partial charge in [0, 0.05) is 29.8 Å². The van der Waals surface area contributed by atoms with Crippen LogP contribution in [0.25, 0.3) is 16.7 Å². The fourth-order valence-corrected chi connectivity index (χ4v) is 6.10. The molecule has 6 rings (SSSR count). The summed E-state index contributed by atoms with van der Waals surface area (Å²) >= 11 is 0. The van der Waals surface area contributed by atoms with Crippen LogP contribution in [0.5, 0.6) is 6.01 Å². The van der Waals surface area contributed by atoms with Gasteiger partial charge in [0.1, 0.15) is 11.8 Å². The van der Waals surface area contributed by atoms with Gasteiger partial charge in [-0.3, -0.25) is 0 Å². The smallest absolute Gasteiger partial charge is 0.410 e. The predicted octanol–water partition coefficient (Wildman–Crippen LogP) is 6.66. The van der Waals surface area contributed by atoms with Gasteiger partial charge in [0.15, 0.2) is 5.82 Å². The van der Waals surface area contributed by atoms with Crippen LogP contribution in [0.15, 0.2) is 54.7 Å². The molecule has 2 aromatic carbocycles. The van der Waals surface area contributed by atoms with E-state index in [0.717, 1.165) is 46.1 Å². The summed E-state index contributed by atoms with van der Waals surface area (Å²) in [5.74, 6) is 0.482. The molecule has 44 heavy (non-hydrogen) atoms. The zero-order chi connectivity index (χ0) is 31.0. The summed E-state index contributed by atoms with van der Waals surface area (Å²) < 4.78 is 34.5. The highest BCUT2D eigenvalue weighted by Gasteiger charge is 2.36. The average Bonchev–Trinajstić information content (AvgIpc) is 3.38. The van der Waals surface area contributed by atoms with Crippen molar-refractivity contribution in [3.8, 4) is 11.8 Å². The standard InChI is InChI=1S/C34H40FN5O4/c1-21-13-24-18-36-40(30(24)16-27(21)26-11-12-39(19-28(26)35)33(41)44-34(2,3)4)31-17-29(37-32(38-31)42-5)23-14-25(15-23)43-20-22-9-7-6-8-10-22/h6-10,13,16-18,23,25-26,28H,11-12,14-15,19-20H2,1-5H3/t23-,25+,26?,28?.